The van der Waals surface area contributed by atoms with Gasteiger partial charge in [-0.25, -0.2) is 0 Å². The highest BCUT2D eigenvalue weighted by Crippen LogP contribution is 2.33. The maximum absolute atomic E-state index is 12.1. The summed E-state index contributed by atoms with van der Waals surface area (Å²) in [6.45, 7) is 6.62. The molecule has 0 bridgehead atoms. The molecule has 1 saturated heterocycles. The molecule has 33 heavy (non-hydrogen) atoms. The van der Waals surface area contributed by atoms with Crippen LogP contribution in [-0.2, 0) is 52.5 Å². The van der Waals surface area contributed by atoms with Gasteiger partial charge in [0.2, 0.25) is 5.91 Å². The first-order chi connectivity index (χ1) is 15.3. The fraction of sp³-hybridized carbons (Fsp3) is 0.700. The number of hydrogen-bond acceptors (Lipinski definition) is 12. The minimum Gasteiger partial charge on any atom is -0.462 e. The van der Waals surface area contributed by atoms with Gasteiger partial charge in [0.05, 0.1) is 0 Å². The largest absolute Gasteiger partial charge is 0.462 e. The third kappa shape index (κ3) is 9.28. The van der Waals surface area contributed by atoms with E-state index in [1.54, 1.807) is 0 Å². The Bertz CT molecular complexity index is 771. The van der Waals surface area contributed by atoms with Crippen LogP contribution in [0.1, 0.15) is 41.5 Å². The first kappa shape index (κ1) is 28.2. The molecule has 0 aromatic rings. The van der Waals surface area contributed by atoms with Crippen molar-refractivity contribution in [2.75, 3.05) is 18.9 Å². The molecule has 1 aliphatic heterocycles. The summed E-state index contributed by atoms with van der Waals surface area (Å²) < 4.78 is 26.3. The predicted octanol–water partition coefficient (Wildman–Crippen LogP) is 0.198. The van der Waals surface area contributed by atoms with E-state index in [1.165, 1.54) is 23.6 Å². The van der Waals surface area contributed by atoms with Gasteiger partial charge in [-0.1, -0.05) is 0 Å². The number of carbonyl (C=O) groups is 6. The number of thioether (sulfide) groups is 1. The smallest absolute Gasteiger partial charge is 0.303 e. The van der Waals surface area contributed by atoms with Crippen LogP contribution in [-0.4, -0.2) is 89.3 Å². The minimum atomic E-state index is -1.53. The van der Waals surface area contributed by atoms with Gasteiger partial charge >= 0.3 is 29.8 Å². The number of ether oxygens (including phenoxy) is 5. The molecule has 12 nitrogen and oxygen atoms in total. The zero-order valence-corrected chi connectivity index (χ0v) is 20.2. The van der Waals surface area contributed by atoms with Crippen molar-refractivity contribution in [1.82, 2.24) is 4.90 Å². The van der Waals surface area contributed by atoms with Crippen molar-refractivity contribution in [3.63, 3.8) is 0 Å². The minimum absolute atomic E-state index is 0.316. The molecule has 1 rings (SSSR count). The second kappa shape index (κ2) is 13.0. The van der Waals surface area contributed by atoms with Gasteiger partial charge in [0, 0.05) is 53.8 Å². The van der Waals surface area contributed by atoms with Crippen molar-refractivity contribution >= 4 is 47.5 Å². The molecule has 0 radical (unpaired) electrons. The summed E-state index contributed by atoms with van der Waals surface area (Å²) in [6.07, 6.45) is -5.75. The molecule has 1 amide bonds. The summed E-state index contributed by atoms with van der Waals surface area (Å²) in [5.41, 5.74) is 0. The summed E-state index contributed by atoms with van der Waals surface area (Å²) in [5.74, 6) is -3.71. The Hall–Kier alpha value is -2.83. The van der Waals surface area contributed by atoms with Crippen molar-refractivity contribution in [3.8, 4) is 0 Å². The van der Waals surface area contributed by atoms with Gasteiger partial charge in [-0.3, -0.25) is 28.8 Å². The normalized spacial score (nSPS) is 18.8. The van der Waals surface area contributed by atoms with Crippen LogP contribution in [0.4, 0.5) is 0 Å². The second-order valence-electron chi connectivity index (χ2n) is 7.15. The monoisotopic (exact) mass is 491 g/mol. The van der Waals surface area contributed by atoms with E-state index in [1.807, 2.05) is 0 Å². The number of hydrogen-bond donors (Lipinski definition) is 0. The van der Waals surface area contributed by atoms with Crippen LogP contribution in [0.2, 0.25) is 0 Å². The molecule has 0 aromatic carbocycles. The van der Waals surface area contributed by atoms with E-state index < -0.39 is 66.2 Å². The molecule has 1 heterocycles. The number of carbonyl (C=O) groups excluding carboxylic acids is 6. The molecule has 13 heteroatoms. The van der Waals surface area contributed by atoms with Gasteiger partial charge in [0.25, 0.3) is 0 Å². The Morgan fingerprint density at radius 2 is 1.27 bits per heavy atom. The molecule has 1 fully saturated rings. The fourth-order valence-corrected chi connectivity index (χ4v) is 4.62. The third-order valence-corrected chi connectivity index (χ3v) is 5.58. The molecule has 0 unspecified atom stereocenters. The summed E-state index contributed by atoms with van der Waals surface area (Å²) in [6, 6.07) is 0. The van der Waals surface area contributed by atoms with Gasteiger partial charge in [0.1, 0.15) is 12.0 Å². The standard InChI is InChI=1S/C20H29NO11S/c1-10(22)21-7-8-33-20(21)19(32-15(6)27)18(31-14(5)26)17(30-13(4)25)16(29-12(3)24)9-28-11(2)23/h16-20H,7-9H2,1-6H3/t16-,17+,18+,19-,20-/m1/s1. The average Bonchev–Trinajstić information content (AvgIpc) is 3.15. The SMILES string of the molecule is CC(=O)OC[C@@H](OC(C)=O)[C@H](OC(C)=O)[C@H](OC(C)=O)[C@@H](OC(C)=O)[C@H]1SCCN1C(C)=O. The molecule has 1 aliphatic rings. The van der Waals surface area contributed by atoms with Crippen molar-refractivity contribution in [3.05, 3.63) is 0 Å². The van der Waals surface area contributed by atoms with Gasteiger partial charge in [-0.2, -0.15) is 0 Å². The Morgan fingerprint density at radius 1 is 0.758 bits per heavy atom. The van der Waals surface area contributed by atoms with Gasteiger partial charge < -0.3 is 28.6 Å². The van der Waals surface area contributed by atoms with Crippen LogP contribution < -0.4 is 0 Å². The van der Waals surface area contributed by atoms with Crippen LogP contribution in [0.15, 0.2) is 0 Å². The summed E-state index contributed by atoms with van der Waals surface area (Å²) in [7, 11) is 0. The highest BCUT2D eigenvalue weighted by Gasteiger charge is 2.49. The molecule has 5 atom stereocenters. The van der Waals surface area contributed by atoms with Gasteiger partial charge in [-0.15, -0.1) is 11.8 Å². The van der Waals surface area contributed by atoms with Gasteiger partial charge in [0.15, 0.2) is 24.4 Å². The lowest BCUT2D eigenvalue weighted by Crippen LogP contribution is -2.58. The van der Waals surface area contributed by atoms with Gasteiger partial charge in [-0.05, 0) is 0 Å². The summed E-state index contributed by atoms with van der Waals surface area (Å²) >= 11 is 1.27. The fourth-order valence-electron chi connectivity index (χ4n) is 3.24. The maximum Gasteiger partial charge on any atom is 0.303 e. The van der Waals surface area contributed by atoms with E-state index in [0.29, 0.717) is 12.3 Å². The quantitative estimate of drug-likeness (QED) is 0.303. The first-order valence-electron chi connectivity index (χ1n) is 10.0. The van der Waals surface area contributed by atoms with E-state index in [-0.39, 0.29) is 5.91 Å². The number of esters is 5. The maximum atomic E-state index is 12.1. The molecule has 0 N–H and O–H groups in total. The predicted molar refractivity (Wildman–Crippen MR) is 112 cm³/mol. The van der Waals surface area contributed by atoms with E-state index in [0.717, 1.165) is 34.6 Å². The number of nitrogens with zero attached hydrogens (tertiary/aromatic N) is 1. The average molecular weight is 492 g/mol. The molecule has 0 saturated carbocycles. The van der Waals surface area contributed by atoms with E-state index in [2.05, 4.69) is 0 Å². The third-order valence-electron chi connectivity index (χ3n) is 4.30. The van der Waals surface area contributed by atoms with E-state index >= 15 is 0 Å². The summed E-state index contributed by atoms with van der Waals surface area (Å²) in [4.78, 5) is 72.5. The van der Waals surface area contributed by atoms with Crippen LogP contribution >= 0.6 is 11.8 Å². The topological polar surface area (TPSA) is 152 Å². The molecular weight excluding hydrogens is 462 g/mol. The molecule has 0 spiro atoms. The lowest BCUT2D eigenvalue weighted by molar-refractivity contribution is -0.204. The van der Waals surface area contributed by atoms with E-state index in [9.17, 15) is 28.8 Å². The summed E-state index contributed by atoms with van der Waals surface area (Å²) in [5, 5.41) is -0.791. The Kier molecular flexibility index (Phi) is 11.1. The second-order valence-corrected chi connectivity index (χ2v) is 8.37. The van der Waals surface area contributed by atoms with Crippen LogP contribution in [0.5, 0.6) is 0 Å². The molecule has 0 aliphatic carbocycles. The van der Waals surface area contributed by atoms with Crippen LogP contribution in [0.25, 0.3) is 0 Å². The lowest BCUT2D eigenvalue weighted by Gasteiger charge is -2.39. The zero-order valence-electron chi connectivity index (χ0n) is 19.4. The highest BCUT2D eigenvalue weighted by atomic mass is 32.2. The first-order valence-corrected chi connectivity index (χ1v) is 11.1. The molecular formula is C20H29NO11S. The van der Waals surface area contributed by atoms with Crippen molar-refractivity contribution in [2.24, 2.45) is 0 Å². The zero-order chi connectivity index (χ0) is 25.3. The van der Waals surface area contributed by atoms with Crippen molar-refractivity contribution < 1.29 is 52.5 Å². The highest BCUT2D eigenvalue weighted by molar-refractivity contribution is 8.00. The number of amides is 1. The molecule has 186 valence electrons. The van der Waals surface area contributed by atoms with Crippen LogP contribution in [0, 0.1) is 0 Å². The Labute approximate surface area is 195 Å². The van der Waals surface area contributed by atoms with Crippen LogP contribution in [0.3, 0.4) is 0 Å². The van der Waals surface area contributed by atoms with Crippen molar-refractivity contribution in [1.29, 1.82) is 0 Å². The Balaban J connectivity index is 3.55. The number of rotatable bonds is 10. The Morgan fingerprint density at radius 3 is 1.73 bits per heavy atom. The van der Waals surface area contributed by atoms with E-state index in [4.69, 9.17) is 23.7 Å². The van der Waals surface area contributed by atoms with Crippen molar-refractivity contribution in [2.45, 2.75) is 71.3 Å². The lowest BCUT2D eigenvalue weighted by atomic mass is 10.0. The molecule has 0 aromatic heterocycles.